The number of nitrogens with one attached hydrogen (secondary N) is 1. The average molecular weight is 202 g/mol. The number of aromatic amines is 1. The van der Waals surface area contributed by atoms with Crippen molar-refractivity contribution in [3.63, 3.8) is 0 Å². The van der Waals surface area contributed by atoms with E-state index in [0.717, 1.165) is 10.9 Å². The van der Waals surface area contributed by atoms with Crippen LogP contribution in [0.4, 0.5) is 0 Å². The van der Waals surface area contributed by atoms with Crippen molar-refractivity contribution in [3.05, 3.63) is 40.6 Å². The summed E-state index contributed by atoms with van der Waals surface area (Å²) >= 11 is 0. The van der Waals surface area contributed by atoms with Crippen molar-refractivity contribution in [1.82, 2.24) is 9.97 Å². The molecule has 78 valence electrons. The van der Waals surface area contributed by atoms with E-state index in [4.69, 9.17) is 0 Å². The molecule has 0 atom stereocenters. The second-order valence-corrected chi connectivity index (χ2v) is 4.70. The molecule has 1 N–H and O–H groups in total. The van der Waals surface area contributed by atoms with E-state index in [0.29, 0.717) is 5.39 Å². The third kappa shape index (κ3) is 1.65. The van der Waals surface area contributed by atoms with Crippen LogP contribution in [0, 0.1) is 0 Å². The van der Waals surface area contributed by atoms with Gasteiger partial charge in [-0.2, -0.15) is 0 Å². The summed E-state index contributed by atoms with van der Waals surface area (Å²) in [5.74, 6) is 0. The van der Waals surface area contributed by atoms with E-state index in [-0.39, 0.29) is 11.0 Å². The van der Waals surface area contributed by atoms with Gasteiger partial charge >= 0.3 is 0 Å². The Morgan fingerprint density at radius 1 is 1.27 bits per heavy atom. The van der Waals surface area contributed by atoms with Crippen LogP contribution in [0.2, 0.25) is 0 Å². The van der Waals surface area contributed by atoms with Gasteiger partial charge in [-0.3, -0.25) is 9.78 Å². The maximum atomic E-state index is 11.6. The molecule has 0 saturated heterocycles. The number of fused-ring (bicyclic) bond motifs is 1. The Balaban J connectivity index is 2.90. The molecule has 0 fully saturated rings. The predicted molar refractivity (Wildman–Crippen MR) is 61.1 cm³/mol. The number of rotatable bonds is 0. The van der Waals surface area contributed by atoms with Gasteiger partial charge in [-0.15, -0.1) is 0 Å². The minimum Gasteiger partial charge on any atom is -0.328 e. The predicted octanol–water partition coefficient (Wildman–Crippen LogP) is 2.22. The van der Waals surface area contributed by atoms with E-state index in [9.17, 15) is 4.79 Å². The van der Waals surface area contributed by atoms with Gasteiger partial charge in [0.15, 0.2) is 0 Å². The van der Waals surface area contributed by atoms with Crippen LogP contribution >= 0.6 is 0 Å². The first kappa shape index (κ1) is 9.90. The average Bonchev–Trinajstić information content (AvgIpc) is 2.17. The van der Waals surface area contributed by atoms with Gasteiger partial charge in [0.25, 0.3) is 5.56 Å². The van der Waals surface area contributed by atoms with Gasteiger partial charge in [0.05, 0.1) is 5.39 Å². The first-order chi connectivity index (χ1) is 7.00. The molecular formula is C12H14N2O. The molecule has 2 heterocycles. The third-order valence-electron chi connectivity index (χ3n) is 2.51. The SMILES string of the molecule is CC(C)(C)c1c[nH]c(=O)c2cnccc12. The largest absolute Gasteiger partial charge is 0.328 e. The lowest BCUT2D eigenvalue weighted by Crippen LogP contribution is -2.16. The lowest BCUT2D eigenvalue weighted by Gasteiger charge is -2.20. The van der Waals surface area contributed by atoms with Gasteiger partial charge in [-0.05, 0) is 22.4 Å². The fourth-order valence-electron chi connectivity index (χ4n) is 1.72. The number of H-pyrrole nitrogens is 1. The number of pyridine rings is 2. The molecule has 15 heavy (non-hydrogen) atoms. The quantitative estimate of drug-likeness (QED) is 0.712. The first-order valence-corrected chi connectivity index (χ1v) is 4.96. The maximum Gasteiger partial charge on any atom is 0.257 e. The van der Waals surface area contributed by atoms with Crippen LogP contribution in [-0.2, 0) is 5.41 Å². The van der Waals surface area contributed by atoms with Crippen molar-refractivity contribution >= 4 is 10.8 Å². The lowest BCUT2D eigenvalue weighted by atomic mass is 9.85. The molecule has 0 unspecified atom stereocenters. The number of hydrogen-bond donors (Lipinski definition) is 1. The lowest BCUT2D eigenvalue weighted by molar-refractivity contribution is 0.593. The molecule has 0 amide bonds. The van der Waals surface area contributed by atoms with Gasteiger partial charge in [0, 0.05) is 18.6 Å². The molecule has 0 bridgehead atoms. The van der Waals surface area contributed by atoms with Gasteiger partial charge in [0.2, 0.25) is 0 Å². The molecule has 2 aromatic heterocycles. The zero-order chi connectivity index (χ0) is 11.1. The Bertz CT molecular complexity index is 549. The van der Waals surface area contributed by atoms with E-state index in [1.165, 1.54) is 0 Å². The molecule has 0 spiro atoms. The summed E-state index contributed by atoms with van der Waals surface area (Å²) in [4.78, 5) is 18.3. The fourth-order valence-corrected chi connectivity index (χ4v) is 1.72. The van der Waals surface area contributed by atoms with Crippen LogP contribution in [0.3, 0.4) is 0 Å². The van der Waals surface area contributed by atoms with Crippen molar-refractivity contribution in [2.45, 2.75) is 26.2 Å². The van der Waals surface area contributed by atoms with Crippen LogP contribution < -0.4 is 5.56 Å². The van der Waals surface area contributed by atoms with Gasteiger partial charge in [0.1, 0.15) is 0 Å². The smallest absolute Gasteiger partial charge is 0.257 e. The van der Waals surface area contributed by atoms with Gasteiger partial charge < -0.3 is 4.98 Å². The molecule has 3 heteroatoms. The summed E-state index contributed by atoms with van der Waals surface area (Å²) in [6, 6.07) is 1.89. The Labute approximate surface area is 88.2 Å². The highest BCUT2D eigenvalue weighted by atomic mass is 16.1. The second kappa shape index (κ2) is 3.19. The minimum absolute atomic E-state index is 0.0177. The number of aromatic nitrogens is 2. The highest BCUT2D eigenvalue weighted by Crippen LogP contribution is 2.26. The Morgan fingerprint density at radius 2 is 2.00 bits per heavy atom. The highest BCUT2D eigenvalue weighted by Gasteiger charge is 2.17. The van der Waals surface area contributed by atoms with Crippen LogP contribution in [-0.4, -0.2) is 9.97 Å². The molecule has 2 rings (SSSR count). The minimum atomic E-state index is -0.0777. The third-order valence-corrected chi connectivity index (χ3v) is 2.51. The first-order valence-electron chi connectivity index (χ1n) is 4.96. The van der Waals surface area contributed by atoms with E-state index in [1.54, 1.807) is 18.6 Å². The normalized spacial score (nSPS) is 11.9. The molecule has 2 aromatic rings. The summed E-state index contributed by atoms with van der Waals surface area (Å²) in [5.41, 5.74) is 1.08. The summed E-state index contributed by atoms with van der Waals surface area (Å²) in [6.45, 7) is 6.38. The standard InChI is InChI=1S/C12H14N2O/c1-12(2,3)10-7-14-11(15)9-6-13-5-4-8(9)10/h4-7H,1-3H3,(H,14,15). The van der Waals surface area contributed by atoms with E-state index in [1.807, 2.05) is 6.07 Å². The Morgan fingerprint density at radius 3 is 2.67 bits per heavy atom. The van der Waals surface area contributed by atoms with Crippen molar-refractivity contribution in [3.8, 4) is 0 Å². The van der Waals surface area contributed by atoms with Crippen molar-refractivity contribution in [2.24, 2.45) is 0 Å². The summed E-state index contributed by atoms with van der Waals surface area (Å²) in [7, 11) is 0. The van der Waals surface area contributed by atoms with Crippen molar-refractivity contribution in [1.29, 1.82) is 0 Å². The summed E-state index contributed by atoms with van der Waals surface area (Å²) < 4.78 is 0. The molecule has 0 saturated carbocycles. The molecule has 0 radical (unpaired) electrons. The Hall–Kier alpha value is -1.64. The van der Waals surface area contributed by atoms with Crippen molar-refractivity contribution in [2.75, 3.05) is 0 Å². The van der Waals surface area contributed by atoms with Gasteiger partial charge in [-0.1, -0.05) is 20.8 Å². The van der Waals surface area contributed by atoms with E-state index < -0.39 is 0 Å². The van der Waals surface area contributed by atoms with Crippen LogP contribution in [0.5, 0.6) is 0 Å². The molecule has 3 nitrogen and oxygen atoms in total. The van der Waals surface area contributed by atoms with Crippen LogP contribution in [0.15, 0.2) is 29.5 Å². The molecular weight excluding hydrogens is 188 g/mol. The topological polar surface area (TPSA) is 45.8 Å². The summed E-state index contributed by atoms with van der Waals surface area (Å²) in [5, 5.41) is 1.64. The maximum absolute atomic E-state index is 11.6. The second-order valence-electron chi connectivity index (χ2n) is 4.70. The zero-order valence-corrected chi connectivity index (χ0v) is 9.16. The summed E-state index contributed by atoms with van der Waals surface area (Å²) in [6.07, 6.45) is 5.13. The van der Waals surface area contributed by atoms with Crippen LogP contribution in [0.25, 0.3) is 10.8 Å². The van der Waals surface area contributed by atoms with Gasteiger partial charge in [-0.25, -0.2) is 0 Å². The monoisotopic (exact) mass is 202 g/mol. The van der Waals surface area contributed by atoms with E-state index >= 15 is 0 Å². The Kier molecular flexibility index (Phi) is 2.11. The number of hydrogen-bond acceptors (Lipinski definition) is 2. The van der Waals surface area contributed by atoms with Crippen molar-refractivity contribution < 1.29 is 0 Å². The molecule has 0 aliphatic rings. The zero-order valence-electron chi connectivity index (χ0n) is 9.16. The van der Waals surface area contributed by atoms with E-state index in [2.05, 4.69) is 30.7 Å². The molecule has 0 aliphatic heterocycles. The number of nitrogens with zero attached hydrogens (tertiary/aromatic N) is 1. The molecule has 0 aromatic carbocycles. The van der Waals surface area contributed by atoms with Crippen LogP contribution in [0.1, 0.15) is 26.3 Å². The molecule has 0 aliphatic carbocycles. The highest BCUT2D eigenvalue weighted by molar-refractivity contribution is 5.84. The fraction of sp³-hybridized carbons (Fsp3) is 0.333.